The fourth-order valence-corrected chi connectivity index (χ4v) is 4.92. The minimum atomic E-state index is -3.86. The third-order valence-electron chi connectivity index (χ3n) is 4.77. The Hall–Kier alpha value is -3.03. The van der Waals surface area contributed by atoms with E-state index in [1.807, 2.05) is 12.1 Å². The van der Waals surface area contributed by atoms with Crippen LogP contribution in [0, 0.1) is 0 Å². The van der Waals surface area contributed by atoms with Crippen LogP contribution in [0.1, 0.15) is 5.56 Å². The van der Waals surface area contributed by atoms with E-state index < -0.39 is 22.0 Å². The minimum Gasteiger partial charge on any atom is -0.476 e. The molecule has 6 nitrogen and oxygen atoms in total. The molecule has 0 aliphatic carbocycles. The summed E-state index contributed by atoms with van der Waals surface area (Å²) in [5.41, 5.74) is 1.16. The number of para-hydroxylation sites is 2. The number of rotatable bonds is 5. The quantitative estimate of drug-likeness (QED) is 0.655. The van der Waals surface area contributed by atoms with Gasteiger partial charge in [0.15, 0.2) is 6.10 Å². The Kier molecular flexibility index (Phi) is 5.65. The third kappa shape index (κ3) is 3.99. The molecule has 4 rings (SSSR count). The van der Waals surface area contributed by atoms with Crippen LogP contribution in [-0.4, -0.2) is 27.0 Å². The molecule has 0 saturated carbocycles. The smallest absolute Gasteiger partial charge is 0.264 e. The van der Waals surface area contributed by atoms with Gasteiger partial charge in [0.1, 0.15) is 5.75 Å². The van der Waals surface area contributed by atoms with Gasteiger partial charge in [-0.15, -0.1) is 0 Å². The number of amides is 1. The predicted octanol–water partition coefficient (Wildman–Crippen LogP) is 3.61. The van der Waals surface area contributed by atoms with Gasteiger partial charge in [-0.1, -0.05) is 60.1 Å². The lowest BCUT2D eigenvalue weighted by atomic mass is 10.2. The molecular formula is C22H19ClN2O4S. The summed E-state index contributed by atoms with van der Waals surface area (Å²) in [4.78, 5) is 13.0. The highest BCUT2D eigenvalue weighted by atomic mass is 35.5. The lowest BCUT2D eigenvalue weighted by Crippen LogP contribution is -2.50. The van der Waals surface area contributed by atoms with E-state index in [4.69, 9.17) is 16.3 Å². The number of carbonyl (C=O) groups excluding carboxylic acids is 1. The molecule has 0 radical (unpaired) electrons. The number of hydrogen-bond acceptors (Lipinski definition) is 4. The van der Waals surface area contributed by atoms with Crippen LogP contribution in [0.2, 0.25) is 5.02 Å². The fourth-order valence-electron chi connectivity index (χ4n) is 3.22. The Morgan fingerprint density at radius 1 is 1.00 bits per heavy atom. The Morgan fingerprint density at radius 2 is 1.67 bits per heavy atom. The van der Waals surface area contributed by atoms with Gasteiger partial charge >= 0.3 is 0 Å². The molecule has 0 fully saturated rings. The van der Waals surface area contributed by atoms with Crippen molar-refractivity contribution in [2.75, 3.05) is 10.8 Å². The summed E-state index contributed by atoms with van der Waals surface area (Å²) in [6.45, 7) is 0.0774. The zero-order chi connectivity index (χ0) is 21.1. The number of nitrogens with one attached hydrogen (secondary N) is 1. The summed E-state index contributed by atoms with van der Waals surface area (Å²) < 4.78 is 33.6. The van der Waals surface area contributed by atoms with Crippen molar-refractivity contribution in [3.8, 4) is 5.75 Å². The molecule has 0 saturated heterocycles. The molecule has 1 amide bonds. The van der Waals surface area contributed by atoms with Gasteiger partial charge in [-0.3, -0.25) is 9.10 Å². The topological polar surface area (TPSA) is 75.7 Å². The maximum absolute atomic E-state index is 13.3. The Labute approximate surface area is 180 Å². The maximum atomic E-state index is 13.3. The first-order chi connectivity index (χ1) is 14.5. The van der Waals surface area contributed by atoms with Gasteiger partial charge in [-0.2, -0.15) is 0 Å². The molecule has 0 aromatic heterocycles. The molecule has 8 heteroatoms. The highest BCUT2D eigenvalue weighted by Gasteiger charge is 2.37. The average molecular weight is 443 g/mol. The molecule has 0 bridgehead atoms. The zero-order valence-electron chi connectivity index (χ0n) is 15.9. The van der Waals surface area contributed by atoms with Gasteiger partial charge in [-0.25, -0.2) is 8.42 Å². The van der Waals surface area contributed by atoms with E-state index in [-0.39, 0.29) is 18.0 Å². The second-order valence-corrected chi connectivity index (χ2v) is 9.00. The van der Waals surface area contributed by atoms with Gasteiger partial charge < -0.3 is 10.1 Å². The highest BCUT2D eigenvalue weighted by Crippen LogP contribution is 2.36. The van der Waals surface area contributed by atoms with Crippen LogP contribution >= 0.6 is 11.6 Å². The first-order valence-corrected chi connectivity index (χ1v) is 11.1. The number of halogens is 1. The summed E-state index contributed by atoms with van der Waals surface area (Å²) in [5, 5.41) is 3.32. The van der Waals surface area contributed by atoms with Gasteiger partial charge in [0, 0.05) is 11.6 Å². The van der Waals surface area contributed by atoms with Crippen molar-refractivity contribution in [1.29, 1.82) is 0 Å². The van der Waals surface area contributed by atoms with Crippen molar-refractivity contribution in [2.45, 2.75) is 17.5 Å². The lowest BCUT2D eigenvalue weighted by molar-refractivity contribution is -0.127. The van der Waals surface area contributed by atoms with Crippen LogP contribution in [-0.2, 0) is 21.4 Å². The first-order valence-electron chi connectivity index (χ1n) is 9.31. The van der Waals surface area contributed by atoms with Gasteiger partial charge in [-0.05, 0) is 35.9 Å². The molecule has 1 aliphatic rings. The second kappa shape index (κ2) is 8.38. The van der Waals surface area contributed by atoms with E-state index in [2.05, 4.69) is 5.32 Å². The zero-order valence-corrected chi connectivity index (χ0v) is 17.4. The summed E-state index contributed by atoms with van der Waals surface area (Å²) in [6, 6.07) is 22.1. The molecule has 0 spiro atoms. The van der Waals surface area contributed by atoms with Crippen LogP contribution in [0.25, 0.3) is 0 Å². The molecule has 0 unspecified atom stereocenters. The van der Waals surface area contributed by atoms with E-state index >= 15 is 0 Å². The largest absolute Gasteiger partial charge is 0.476 e. The van der Waals surface area contributed by atoms with Crippen LogP contribution < -0.4 is 14.4 Å². The monoisotopic (exact) mass is 442 g/mol. The van der Waals surface area contributed by atoms with Crippen molar-refractivity contribution >= 4 is 33.2 Å². The SMILES string of the molecule is O=C(NCc1ccccc1Cl)[C@@H]1CN(S(=O)(=O)c2ccccc2)c2ccccc2O1. The molecule has 1 atom stereocenters. The summed E-state index contributed by atoms with van der Waals surface area (Å²) in [7, 11) is -3.86. The van der Waals surface area contributed by atoms with E-state index in [1.165, 1.54) is 16.4 Å². The maximum Gasteiger partial charge on any atom is 0.264 e. The van der Waals surface area contributed by atoms with Crippen LogP contribution in [0.4, 0.5) is 5.69 Å². The number of carbonyl (C=O) groups is 1. The number of anilines is 1. The summed E-state index contributed by atoms with van der Waals surface area (Å²) in [5.74, 6) is -0.0844. The first kappa shape index (κ1) is 20.3. The van der Waals surface area contributed by atoms with E-state index in [9.17, 15) is 13.2 Å². The van der Waals surface area contributed by atoms with Crippen molar-refractivity contribution in [3.05, 3.63) is 89.4 Å². The average Bonchev–Trinajstić information content (AvgIpc) is 2.78. The number of hydrogen-bond donors (Lipinski definition) is 1. The third-order valence-corrected chi connectivity index (χ3v) is 6.93. The van der Waals surface area contributed by atoms with Crippen molar-refractivity contribution in [1.82, 2.24) is 5.32 Å². The van der Waals surface area contributed by atoms with E-state index in [0.29, 0.717) is 16.5 Å². The number of benzene rings is 3. The Morgan fingerprint density at radius 3 is 2.43 bits per heavy atom. The lowest BCUT2D eigenvalue weighted by Gasteiger charge is -2.34. The van der Waals surface area contributed by atoms with Gasteiger partial charge in [0.05, 0.1) is 17.1 Å². The van der Waals surface area contributed by atoms with E-state index in [0.717, 1.165) is 5.56 Å². The summed E-state index contributed by atoms with van der Waals surface area (Å²) in [6.07, 6.45) is -0.999. The molecule has 1 N–H and O–H groups in total. The molecule has 3 aromatic carbocycles. The number of sulfonamides is 1. The molecular weight excluding hydrogens is 424 g/mol. The second-order valence-electron chi connectivity index (χ2n) is 6.73. The van der Waals surface area contributed by atoms with Crippen LogP contribution in [0.3, 0.4) is 0 Å². The highest BCUT2D eigenvalue weighted by molar-refractivity contribution is 7.92. The molecule has 30 heavy (non-hydrogen) atoms. The molecule has 1 heterocycles. The molecule has 3 aromatic rings. The van der Waals surface area contributed by atoms with Crippen LogP contribution in [0.5, 0.6) is 5.75 Å². The van der Waals surface area contributed by atoms with Crippen LogP contribution in [0.15, 0.2) is 83.8 Å². The number of ether oxygens (including phenoxy) is 1. The minimum absolute atomic E-state index is 0.136. The van der Waals surface area contributed by atoms with Gasteiger partial charge in [0.2, 0.25) is 0 Å². The summed E-state index contributed by atoms with van der Waals surface area (Å²) >= 11 is 6.14. The predicted molar refractivity (Wildman–Crippen MR) is 115 cm³/mol. The fraction of sp³-hybridized carbons (Fsp3) is 0.136. The van der Waals surface area contributed by atoms with Crippen molar-refractivity contribution in [3.63, 3.8) is 0 Å². The Bertz CT molecular complexity index is 1170. The molecule has 1 aliphatic heterocycles. The normalized spacial score (nSPS) is 15.8. The molecule has 154 valence electrons. The standard InChI is InChI=1S/C22H19ClN2O4S/c23-18-11-5-4-8-16(18)14-24-22(26)21-15-25(19-12-6-7-13-20(19)29-21)30(27,28)17-9-2-1-3-10-17/h1-13,21H,14-15H2,(H,24,26)/t21-/m0/s1. The Balaban J connectivity index is 1.60. The van der Waals surface area contributed by atoms with E-state index in [1.54, 1.807) is 54.6 Å². The van der Waals surface area contributed by atoms with Crippen molar-refractivity contribution < 1.29 is 17.9 Å². The number of fused-ring (bicyclic) bond motifs is 1. The number of nitrogens with zero attached hydrogens (tertiary/aromatic N) is 1. The van der Waals surface area contributed by atoms with Gasteiger partial charge in [0.25, 0.3) is 15.9 Å². The van der Waals surface area contributed by atoms with Crippen molar-refractivity contribution in [2.24, 2.45) is 0 Å².